The van der Waals surface area contributed by atoms with Gasteiger partial charge in [-0.3, -0.25) is 0 Å². The van der Waals surface area contributed by atoms with Gasteiger partial charge >= 0.3 is 0 Å². The summed E-state index contributed by atoms with van der Waals surface area (Å²) in [6.45, 7) is -0.404. The molecule has 0 spiro atoms. The van der Waals surface area contributed by atoms with Crippen molar-refractivity contribution in [3.63, 3.8) is 0 Å². The molecule has 0 aliphatic carbocycles. The number of rotatable bonds is 8. The standard InChI is InChI=1S/C25H28O11/c1-31-19-8-13(15(27)4-5-32-25-23(30)22(29)21(28)20(10-26)36-25)6-14-9-17(35-24(14)19)12-2-3-16-18(7-12)34-11-33-16/h2-3,6-9,15,20-23,25-30H,4-5,10-11H2,1H3/t15-,20+,21+,22-,23+,25+/m0/s1. The van der Waals surface area contributed by atoms with Crippen LogP contribution < -0.4 is 14.2 Å². The molecule has 3 aromatic rings. The molecule has 2 aliphatic heterocycles. The fourth-order valence-corrected chi connectivity index (χ4v) is 4.35. The van der Waals surface area contributed by atoms with Gasteiger partial charge < -0.3 is 53.6 Å². The minimum Gasteiger partial charge on any atom is -0.493 e. The average molecular weight is 504 g/mol. The van der Waals surface area contributed by atoms with Crippen molar-refractivity contribution < 1.29 is 53.6 Å². The molecular formula is C25H28O11. The van der Waals surface area contributed by atoms with Gasteiger partial charge in [0.05, 0.1) is 26.4 Å². The second-order valence-electron chi connectivity index (χ2n) is 8.69. The van der Waals surface area contributed by atoms with Gasteiger partial charge in [0.1, 0.15) is 30.2 Å². The first-order chi connectivity index (χ1) is 17.4. The van der Waals surface area contributed by atoms with Gasteiger partial charge in [0.2, 0.25) is 6.79 Å². The Morgan fingerprint density at radius 3 is 2.58 bits per heavy atom. The molecule has 194 valence electrons. The lowest BCUT2D eigenvalue weighted by molar-refractivity contribution is -0.301. The minimum atomic E-state index is -1.53. The van der Waals surface area contributed by atoms with Crippen LogP contribution in [0.5, 0.6) is 17.2 Å². The molecule has 5 rings (SSSR count). The van der Waals surface area contributed by atoms with Crippen LogP contribution in [0.2, 0.25) is 0 Å². The van der Waals surface area contributed by atoms with E-state index in [4.69, 9.17) is 28.1 Å². The molecule has 3 heterocycles. The number of fused-ring (bicyclic) bond motifs is 2. The maximum Gasteiger partial charge on any atom is 0.231 e. The molecule has 2 aromatic carbocycles. The van der Waals surface area contributed by atoms with E-state index >= 15 is 0 Å². The molecule has 0 saturated carbocycles. The summed E-state index contributed by atoms with van der Waals surface area (Å²) in [5.41, 5.74) is 1.89. The average Bonchev–Trinajstić information content (AvgIpc) is 3.54. The van der Waals surface area contributed by atoms with Gasteiger partial charge in [-0.1, -0.05) is 0 Å². The van der Waals surface area contributed by atoms with Gasteiger partial charge in [-0.2, -0.15) is 0 Å². The highest BCUT2D eigenvalue weighted by Gasteiger charge is 2.44. The third-order valence-electron chi connectivity index (χ3n) is 6.39. The molecule has 2 aliphatic rings. The summed E-state index contributed by atoms with van der Waals surface area (Å²) >= 11 is 0. The summed E-state index contributed by atoms with van der Waals surface area (Å²) in [5, 5.41) is 50.7. The highest BCUT2D eigenvalue weighted by atomic mass is 16.7. The zero-order valence-corrected chi connectivity index (χ0v) is 19.4. The zero-order chi connectivity index (χ0) is 25.4. The fourth-order valence-electron chi connectivity index (χ4n) is 4.35. The van der Waals surface area contributed by atoms with Crippen LogP contribution >= 0.6 is 0 Å². The van der Waals surface area contributed by atoms with Gasteiger partial charge in [-0.25, -0.2) is 0 Å². The van der Waals surface area contributed by atoms with Crippen molar-refractivity contribution >= 4 is 11.0 Å². The Hall–Kier alpha value is -2.90. The molecule has 1 aromatic heterocycles. The van der Waals surface area contributed by atoms with Crippen molar-refractivity contribution in [1.82, 2.24) is 0 Å². The number of aliphatic hydroxyl groups is 5. The van der Waals surface area contributed by atoms with Crippen LogP contribution in [-0.4, -0.2) is 83.4 Å². The number of benzene rings is 2. The van der Waals surface area contributed by atoms with Crippen LogP contribution in [0.25, 0.3) is 22.3 Å². The molecule has 6 atom stereocenters. The van der Waals surface area contributed by atoms with Crippen molar-refractivity contribution in [2.24, 2.45) is 0 Å². The van der Waals surface area contributed by atoms with E-state index in [1.165, 1.54) is 7.11 Å². The second kappa shape index (κ2) is 10.2. The zero-order valence-electron chi connectivity index (χ0n) is 19.4. The second-order valence-corrected chi connectivity index (χ2v) is 8.69. The Labute approximate surface area is 206 Å². The van der Waals surface area contributed by atoms with E-state index in [-0.39, 0.29) is 19.8 Å². The number of methoxy groups -OCH3 is 1. The number of aliphatic hydroxyl groups excluding tert-OH is 5. The smallest absolute Gasteiger partial charge is 0.231 e. The van der Waals surface area contributed by atoms with Crippen molar-refractivity contribution in [2.75, 3.05) is 27.1 Å². The first kappa shape index (κ1) is 24.8. The van der Waals surface area contributed by atoms with Crippen molar-refractivity contribution in [3.05, 3.63) is 42.0 Å². The van der Waals surface area contributed by atoms with Crippen LogP contribution in [-0.2, 0) is 9.47 Å². The lowest BCUT2D eigenvalue weighted by Crippen LogP contribution is -2.59. The third kappa shape index (κ3) is 4.62. The molecule has 0 amide bonds. The topological polar surface area (TPSA) is 160 Å². The first-order valence-electron chi connectivity index (χ1n) is 11.5. The van der Waals surface area contributed by atoms with Gasteiger partial charge in [-0.15, -0.1) is 0 Å². The van der Waals surface area contributed by atoms with Gasteiger partial charge in [0.25, 0.3) is 0 Å². The van der Waals surface area contributed by atoms with Crippen LogP contribution in [0, 0.1) is 0 Å². The van der Waals surface area contributed by atoms with Crippen molar-refractivity contribution in [2.45, 2.75) is 43.2 Å². The quantitative estimate of drug-likeness (QED) is 0.299. The monoisotopic (exact) mass is 504 g/mol. The predicted octanol–water partition coefficient (Wildman–Crippen LogP) is 1.08. The maximum atomic E-state index is 10.8. The van der Waals surface area contributed by atoms with E-state index in [0.29, 0.717) is 34.2 Å². The fraction of sp³-hybridized carbons (Fsp3) is 0.440. The Morgan fingerprint density at radius 1 is 1.00 bits per heavy atom. The summed E-state index contributed by atoms with van der Waals surface area (Å²) in [7, 11) is 1.51. The Bertz CT molecular complexity index is 1210. The third-order valence-corrected chi connectivity index (χ3v) is 6.39. The molecule has 1 saturated heterocycles. The summed E-state index contributed by atoms with van der Waals surface area (Å²) in [4.78, 5) is 0. The van der Waals surface area contributed by atoms with E-state index in [1.807, 2.05) is 24.3 Å². The molecule has 0 radical (unpaired) electrons. The van der Waals surface area contributed by atoms with Gasteiger partial charge in [0, 0.05) is 17.4 Å². The van der Waals surface area contributed by atoms with E-state index in [2.05, 4.69) is 0 Å². The first-order valence-corrected chi connectivity index (χ1v) is 11.5. The van der Waals surface area contributed by atoms with Crippen LogP contribution in [0.1, 0.15) is 18.1 Å². The Kier molecular flexibility index (Phi) is 7.04. The van der Waals surface area contributed by atoms with Crippen molar-refractivity contribution in [1.29, 1.82) is 0 Å². The summed E-state index contributed by atoms with van der Waals surface area (Å²) in [5.74, 6) is 2.35. The number of hydrogen-bond acceptors (Lipinski definition) is 11. The van der Waals surface area contributed by atoms with Crippen LogP contribution in [0.15, 0.2) is 40.8 Å². The van der Waals surface area contributed by atoms with E-state index in [9.17, 15) is 25.5 Å². The molecular weight excluding hydrogens is 476 g/mol. The van der Waals surface area contributed by atoms with Gasteiger partial charge in [0.15, 0.2) is 29.1 Å². The van der Waals surface area contributed by atoms with Crippen LogP contribution in [0.3, 0.4) is 0 Å². The minimum absolute atomic E-state index is 0.0297. The largest absolute Gasteiger partial charge is 0.493 e. The summed E-state index contributed by atoms with van der Waals surface area (Å²) in [6.07, 6.45) is -7.64. The molecule has 11 nitrogen and oxygen atoms in total. The van der Waals surface area contributed by atoms with E-state index < -0.39 is 43.4 Å². The lowest BCUT2D eigenvalue weighted by atomic mass is 9.99. The molecule has 11 heteroatoms. The molecule has 1 fully saturated rings. The van der Waals surface area contributed by atoms with E-state index in [1.54, 1.807) is 12.1 Å². The normalized spacial score (nSPS) is 26.3. The number of furan rings is 1. The molecule has 0 unspecified atom stereocenters. The lowest BCUT2D eigenvalue weighted by Gasteiger charge is -2.39. The number of hydrogen-bond donors (Lipinski definition) is 5. The van der Waals surface area contributed by atoms with Crippen LogP contribution in [0.4, 0.5) is 0 Å². The summed E-state index contributed by atoms with van der Waals surface area (Å²) in [6, 6.07) is 10.8. The molecule has 5 N–H and O–H groups in total. The summed E-state index contributed by atoms with van der Waals surface area (Å²) < 4.78 is 33.2. The number of ether oxygens (including phenoxy) is 5. The molecule has 0 bridgehead atoms. The predicted molar refractivity (Wildman–Crippen MR) is 124 cm³/mol. The van der Waals surface area contributed by atoms with E-state index in [0.717, 1.165) is 10.9 Å². The van der Waals surface area contributed by atoms with Gasteiger partial charge in [-0.05, 0) is 42.0 Å². The maximum absolute atomic E-state index is 10.8. The van der Waals surface area contributed by atoms with Crippen molar-refractivity contribution in [3.8, 4) is 28.6 Å². The molecule has 36 heavy (non-hydrogen) atoms. The highest BCUT2D eigenvalue weighted by molar-refractivity contribution is 5.88. The Balaban J connectivity index is 1.29. The Morgan fingerprint density at radius 2 is 1.81 bits per heavy atom. The SMILES string of the molecule is COc1cc([C@@H](O)CCO[C@@H]2O[C@H](CO)[C@@H](O)[C@H](O)[C@H]2O)cc2cc(-c3ccc4c(c3)OCO4)oc12. The highest BCUT2D eigenvalue weighted by Crippen LogP contribution is 2.40.